The normalized spacial score (nSPS) is 20.8. The summed E-state index contributed by atoms with van der Waals surface area (Å²) in [6.45, 7) is 37.5. The van der Waals surface area contributed by atoms with Crippen molar-refractivity contribution in [3.8, 4) is 23.0 Å². The first-order chi connectivity index (χ1) is 28.7. The van der Waals surface area contributed by atoms with Gasteiger partial charge in [0.2, 0.25) is 0 Å². The minimum Gasteiger partial charge on any atom is -0.487 e. The van der Waals surface area contributed by atoms with Crippen molar-refractivity contribution in [2.75, 3.05) is 0 Å². The fourth-order valence-electron chi connectivity index (χ4n) is 10.9. The summed E-state index contributed by atoms with van der Waals surface area (Å²) in [5.74, 6) is 9.28. The molecule has 3 heteroatoms. The van der Waals surface area contributed by atoms with Gasteiger partial charge in [-0.3, -0.25) is 0 Å². The molecule has 2 aromatic rings. The Morgan fingerprint density at radius 1 is 0.410 bits per heavy atom. The monoisotopic (exact) mass is 843 g/mol. The second-order valence-corrected chi connectivity index (χ2v) is 22.9. The lowest BCUT2D eigenvalue weighted by Gasteiger charge is -2.39. The van der Waals surface area contributed by atoms with Crippen LogP contribution in [0.25, 0.3) is 0 Å². The predicted molar refractivity (Wildman–Crippen MR) is 266 cm³/mol. The molecule has 0 aliphatic carbocycles. The molecule has 0 N–H and O–H groups in total. The maximum absolute atomic E-state index is 7.12. The molecule has 3 nitrogen and oxygen atoms in total. The van der Waals surface area contributed by atoms with Crippen molar-refractivity contribution >= 4 is 0 Å². The van der Waals surface area contributed by atoms with Crippen LogP contribution in [-0.2, 0) is 12.8 Å². The standard InChI is InChI=1S/C58H98O3/c1-39(2)23-17-25-41(5)27-19-29-43(7)31-21-35-57(15)37-33-51-49(13)53(45(9)47(11)55(51)60-57)59-54-46(10)48(12)56-52(50(54)14)34-38-58(16,61-56)36-22-32-44(8)30-20-28-42(6)26-18-24-40(3)4/h39-44H,17-38H2,1-16H3/t41-,42-,43-,44-,57-,58-/m1/s1. The van der Waals surface area contributed by atoms with E-state index in [4.69, 9.17) is 14.2 Å². The lowest BCUT2D eigenvalue weighted by atomic mass is 9.83. The number of hydrogen-bond acceptors (Lipinski definition) is 3. The fraction of sp³-hybridized carbons (Fsp3) is 0.793. The minimum absolute atomic E-state index is 0.107. The highest BCUT2D eigenvalue weighted by Crippen LogP contribution is 2.50. The molecule has 6 atom stereocenters. The third-order valence-corrected chi connectivity index (χ3v) is 15.9. The molecule has 0 saturated heterocycles. The van der Waals surface area contributed by atoms with E-state index in [1.807, 2.05) is 0 Å². The second-order valence-electron chi connectivity index (χ2n) is 22.9. The third-order valence-electron chi connectivity index (χ3n) is 15.9. The van der Waals surface area contributed by atoms with Crippen molar-refractivity contribution in [1.82, 2.24) is 0 Å². The highest BCUT2D eigenvalue weighted by molar-refractivity contribution is 5.63. The van der Waals surface area contributed by atoms with E-state index in [1.165, 1.54) is 147 Å². The Bertz CT molecular complexity index is 1540. The van der Waals surface area contributed by atoms with E-state index in [9.17, 15) is 0 Å². The van der Waals surface area contributed by atoms with E-state index in [-0.39, 0.29) is 11.2 Å². The number of benzene rings is 2. The summed E-state index contributed by atoms with van der Waals surface area (Å²) < 4.78 is 21.2. The van der Waals surface area contributed by atoms with Gasteiger partial charge in [-0.15, -0.1) is 0 Å². The molecule has 0 aromatic heterocycles. The highest BCUT2D eigenvalue weighted by Gasteiger charge is 2.37. The summed E-state index contributed by atoms with van der Waals surface area (Å²) in [4.78, 5) is 0. The molecule has 2 aromatic carbocycles. The SMILES string of the molecule is Cc1c(C)c2c(c(C)c1Oc1c(C)c(C)c3c(c1C)CC[C@@](C)(CCC[C@H](C)CCC[C@H](C)CCCC(C)C)O3)CC[C@@](C)(CCC[C@H](C)CCC[C@H](C)CCCC(C)C)O2. The van der Waals surface area contributed by atoms with Crippen molar-refractivity contribution in [2.45, 2.75) is 263 Å². The Labute approximate surface area is 379 Å². The molecule has 0 spiro atoms. The maximum atomic E-state index is 7.12. The zero-order chi connectivity index (χ0) is 45.1. The van der Waals surface area contributed by atoms with E-state index in [1.54, 1.807) is 0 Å². The van der Waals surface area contributed by atoms with Crippen LogP contribution in [0.3, 0.4) is 0 Å². The van der Waals surface area contributed by atoms with E-state index in [0.717, 1.165) is 97.0 Å². The Hall–Kier alpha value is -2.16. The average Bonchev–Trinajstić information content (AvgIpc) is 3.18. The third kappa shape index (κ3) is 14.9. The average molecular weight is 843 g/mol. The molecule has 0 saturated carbocycles. The Balaban J connectivity index is 1.32. The first kappa shape index (κ1) is 51.5. The molecule has 2 aliphatic rings. The van der Waals surface area contributed by atoms with Crippen LogP contribution in [0.1, 0.15) is 242 Å². The molecule has 348 valence electrons. The van der Waals surface area contributed by atoms with Gasteiger partial charge < -0.3 is 14.2 Å². The van der Waals surface area contributed by atoms with Crippen molar-refractivity contribution in [3.05, 3.63) is 44.5 Å². The number of rotatable bonds is 26. The van der Waals surface area contributed by atoms with Crippen LogP contribution in [-0.4, -0.2) is 11.2 Å². The van der Waals surface area contributed by atoms with Gasteiger partial charge >= 0.3 is 0 Å². The first-order valence-electron chi connectivity index (χ1n) is 26.0. The Morgan fingerprint density at radius 2 is 0.705 bits per heavy atom. The van der Waals surface area contributed by atoms with Crippen LogP contribution in [0.2, 0.25) is 0 Å². The van der Waals surface area contributed by atoms with Crippen molar-refractivity contribution in [2.24, 2.45) is 35.5 Å². The molecular weight excluding hydrogens is 745 g/mol. The predicted octanol–water partition coefficient (Wildman–Crippen LogP) is 18.4. The highest BCUT2D eigenvalue weighted by atomic mass is 16.5. The van der Waals surface area contributed by atoms with Crippen molar-refractivity contribution < 1.29 is 14.2 Å². The summed E-state index contributed by atoms with van der Waals surface area (Å²) in [6, 6.07) is 0. The van der Waals surface area contributed by atoms with Gasteiger partial charge in [-0.05, 0) is 176 Å². The fourth-order valence-corrected chi connectivity index (χ4v) is 10.9. The van der Waals surface area contributed by atoms with Crippen LogP contribution in [0.15, 0.2) is 0 Å². The van der Waals surface area contributed by atoms with Gasteiger partial charge in [-0.1, -0.05) is 145 Å². The summed E-state index contributed by atoms with van der Waals surface area (Å²) in [5.41, 5.74) is 9.85. The first-order valence-corrected chi connectivity index (χ1v) is 26.0. The van der Waals surface area contributed by atoms with Gasteiger partial charge in [0.1, 0.15) is 34.2 Å². The van der Waals surface area contributed by atoms with E-state index < -0.39 is 0 Å². The molecule has 0 bridgehead atoms. The van der Waals surface area contributed by atoms with Crippen LogP contribution < -0.4 is 14.2 Å². The van der Waals surface area contributed by atoms with Crippen LogP contribution in [0.4, 0.5) is 0 Å². The molecule has 61 heavy (non-hydrogen) atoms. The van der Waals surface area contributed by atoms with Crippen LogP contribution >= 0.6 is 0 Å². The summed E-state index contributed by atoms with van der Waals surface area (Å²) in [7, 11) is 0. The van der Waals surface area contributed by atoms with Gasteiger partial charge in [0.15, 0.2) is 0 Å². The largest absolute Gasteiger partial charge is 0.487 e. The van der Waals surface area contributed by atoms with Gasteiger partial charge in [0.25, 0.3) is 0 Å². The summed E-state index contributed by atoms with van der Waals surface area (Å²) >= 11 is 0. The number of fused-ring (bicyclic) bond motifs is 2. The molecule has 2 heterocycles. The Kier molecular flexibility index (Phi) is 20.0. The van der Waals surface area contributed by atoms with E-state index >= 15 is 0 Å². The van der Waals surface area contributed by atoms with Crippen LogP contribution in [0, 0.1) is 77.0 Å². The van der Waals surface area contributed by atoms with Gasteiger partial charge in [0, 0.05) is 11.1 Å². The van der Waals surface area contributed by atoms with E-state index in [0.29, 0.717) is 0 Å². The van der Waals surface area contributed by atoms with Crippen LogP contribution in [0.5, 0.6) is 23.0 Å². The molecule has 4 rings (SSSR count). The molecule has 0 unspecified atom stereocenters. The summed E-state index contributed by atoms with van der Waals surface area (Å²) in [6.07, 6.45) is 28.2. The lowest BCUT2D eigenvalue weighted by Crippen LogP contribution is -2.37. The smallest absolute Gasteiger partial charge is 0.134 e. The topological polar surface area (TPSA) is 27.7 Å². The molecule has 0 fully saturated rings. The number of ether oxygens (including phenoxy) is 3. The maximum Gasteiger partial charge on any atom is 0.134 e. The van der Waals surface area contributed by atoms with Crippen molar-refractivity contribution in [1.29, 1.82) is 0 Å². The summed E-state index contributed by atoms with van der Waals surface area (Å²) in [5, 5.41) is 0. The number of hydrogen-bond donors (Lipinski definition) is 0. The zero-order valence-electron chi connectivity index (χ0n) is 43.2. The van der Waals surface area contributed by atoms with Gasteiger partial charge in [0.05, 0.1) is 0 Å². The molecule has 0 amide bonds. The zero-order valence-corrected chi connectivity index (χ0v) is 43.2. The second kappa shape index (κ2) is 23.7. The Morgan fingerprint density at radius 3 is 1.02 bits per heavy atom. The lowest BCUT2D eigenvalue weighted by molar-refractivity contribution is 0.0511. The van der Waals surface area contributed by atoms with Gasteiger partial charge in [-0.25, -0.2) is 0 Å². The van der Waals surface area contributed by atoms with Gasteiger partial charge in [-0.2, -0.15) is 0 Å². The molecule has 2 aliphatic heterocycles. The molecular formula is C58H98O3. The quantitative estimate of drug-likeness (QED) is 0.0944. The van der Waals surface area contributed by atoms with Crippen molar-refractivity contribution in [3.63, 3.8) is 0 Å². The minimum atomic E-state index is -0.107. The molecule has 0 radical (unpaired) electrons. The van der Waals surface area contributed by atoms with E-state index in [2.05, 4.69) is 111 Å².